The van der Waals surface area contributed by atoms with Crippen molar-refractivity contribution >= 4 is 21.6 Å². The molecule has 0 amide bonds. The highest BCUT2D eigenvalue weighted by atomic mass is 79.9. The minimum absolute atomic E-state index is 0.224. The third-order valence-corrected chi connectivity index (χ3v) is 2.39. The summed E-state index contributed by atoms with van der Waals surface area (Å²) in [6, 6.07) is 1.91. The zero-order chi connectivity index (χ0) is 12.9. The molecule has 0 spiro atoms. The Morgan fingerprint density at radius 2 is 2.18 bits per heavy atom. The van der Waals surface area contributed by atoms with Gasteiger partial charge < -0.3 is 15.2 Å². The molecule has 0 aliphatic heterocycles. The molecule has 0 fully saturated rings. The van der Waals surface area contributed by atoms with Crippen LogP contribution >= 0.6 is 15.9 Å². The predicted octanol–water partition coefficient (Wildman–Crippen LogP) is 2.43. The van der Waals surface area contributed by atoms with E-state index < -0.39 is 6.10 Å². The van der Waals surface area contributed by atoms with E-state index in [1.165, 1.54) is 0 Å². The van der Waals surface area contributed by atoms with Gasteiger partial charge in [-0.3, -0.25) is 4.98 Å². The summed E-state index contributed by atoms with van der Waals surface area (Å²) in [5, 5.41) is 12.8. The zero-order valence-electron chi connectivity index (χ0n) is 10.4. The fourth-order valence-electron chi connectivity index (χ4n) is 1.15. The first-order valence-corrected chi connectivity index (χ1v) is 6.32. The van der Waals surface area contributed by atoms with Crippen molar-refractivity contribution in [2.45, 2.75) is 32.5 Å². The molecule has 1 heterocycles. The van der Waals surface area contributed by atoms with Crippen LogP contribution in [0.15, 0.2) is 22.9 Å². The standard InChI is InChI=1S/C12H19BrN2O2/c1-12(2,3)17-8-11(16)7-15-10-4-9(13)5-14-6-10/h4-6,11,15-16H,7-8H2,1-3H3. The van der Waals surface area contributed by atoms with Gasteiger partial charge in [0.2, 0.25) is 0 Å². The minimum Gasteiger partial charge on any atom is -0.389 e. The largest absolute Gasteiger partial charge is 0.389 e. The molecule has 1 unspecified atom stereocenters. The van der Waals surface area contributed by atoms with Crippen LogP contribution in [0.25, 0.3) is 0 Å². The summed E-state index contributed by atoms with van der Waals surface area (Å²) in [6.45, 7) is 6.65. The first-order chi connectivity index (χ1) is 7.87. The summed E-state index contributed by atoms with van der Waals surface area (Å²) in [6.07, 6.45) is 2.89. The van der Waals surface area contributed by atoms with Crippen molar-refractivity contribution in [3.8, 4) is 0 Å². The van der Waals surface area contributed by atoms with E-state index in [1.807, 2.05) is 26.8 Å². The maximum absolute atomic E-state index is 9.72. The van der Waals surface area contributed by atoms with Gasteiger partial charge >= 0.3 is 0 Å². The van der Waals surface area contributed by atoms with Gasteiger partial charge in [0.1, 0.15) is 0 Å². The molecule has 1 atom stereocenters. The van der Waals surface area contributed by atoms with Gasteiger partial charge in [-0.15, -0.1) is 0 Å². The molecular weight excluding hydrogens is 284 g/mol. The summed E-state index contributed by atoms with van der Waals surface area (Å²) in [5.74, 6) is 0. The first kappa shape index (κ1) is 14.4. The summed E-state index contributed by atoms with van der Waals surface area (Å²) in [5.41, 5.74) is 0.646. The Morgan fingerprint density at radius 3 is 2.76 bits per heavy atom. The first-order valence-electron chi connectivity index (χ1n) is 5.53. The van der Waals surface area contributed by atoms with Crippen molar-refractivity contribution in [2.24, 2.45) is 0 Å². The number of nitrogens with zero attached hydrogens (tertiary/aromatic N) is 1. The number of halogens is 1. The lowest BCUT2D eigenvalue weighted by atomic mass is 10.2. The zero-order valence-corrected chi connectivity index (χ0v) is 12.0. The Hall–Kier alpha value is -0.650. The van der Waals surface area contributed by atoms with Crippen LogP contribution < -0.4 is 5.32 Å². The second-order valence-electron chi connectivity index (χ2n) is 4.85. The number of ether oxygens (including phenoxy) is 1. The highest BCUT2D eigenvalue weighted by Crippen LogP contribution is 2.13. The second-order valence-corrected chi connectivity index (χ2v) is 5.77. The molecule has 0 aliphatic rings. The Kier molecular flexibility index (Phi) is 5.36. The van der Waals surface area contributed by atoms with Crippen LogP contribution in [0.4, 0.5) is 5.69 Å². The number of rotatable bonds is 5. The molecule has 1 aromatic rings. The number of aliphatic hydroxyl groups is 1. The van der Waals surface area contributed by atoms with E-state index in [1.54, 1.807) is 12.4 Å². The van der Waals surface area contributed by atoms with Crippen LogP contribution in [-0.2, 0) is 4.74 Å². The molecule has 2 N–H and O–H groups in total. The molecule has 0 saturated carbocycles. The van der Waals surface area contributed by atoms with Crippen molar-refractivity contribution in [1.29, 1.82) is 0 Å². The lowest BCUT2D eigenvalue weighted by Gasteiger charge is -2.22. The number of pyridine rings is 1. The van der Waals surface area contributed by atoms with Crippen molar-refractivity contribution in [1.82, 2.24) is 4.98 Å². The van der Waals surface area contributed by atoms with Gasteiger partial charge in [-0.05, 0) is 42.8 Å². The average Bonchev–Trinajstić information content (AvgIpc) is 2.23. The van der Waals surface area contributed by atoms with Gasteiger partial charge in [-0.1, -0.05) is 0 Å². The molecule has 17 heavy (non-hydrogen) atoms. The lowest BCUT2D eigenvalue weighted by Crippen LogP contribution is -2.30. The smallest absolute Gasteiger partial charge is 0.0945 e. The SMILES string of the molecule is CC(C)(C)OCC(O)CNc1cncc(Br)c1. The number of anilines is 1. The van der Waals surface area contributed by atoms with Crippen LogP contribution in [0.2, 0.25) is 0 Å². The molecule has 0 bridgehead atoms. The van der Waals surface area contributed by atoms with Gasteiger partial charge in [0.15, 0.2) is 0 Å². The molecule has 96 valence electrons. The molecule has 1 rings (SSSR count). The molecule has 0 aromatic carbocycles. The number of aromatic nitrogens is 1. The lowest BCUT2D eigenvalue weighted by molar-refractivity contribution is -0.0449. The van der Waals surface area contributed by atoms with Crippen LogP contribution in [-0.4, -0.2) is 34.9 Å². The maximum atomic E-state index is 9.72. The summed E-state index contributed by atoms with van der Waals surface area (Å²) in [4.78, 5) is 4.03. The van der Waals surface area contributed by atoms with Crippen molar-refractivity contribution in [3.05, 3.63) is 22.9 Å². The highest BCUT2D eigenvalue weighted by molar-refractivity contribution is 9.10. The van der Waals surface area contributed by atoms with E-state index in [0.29, 0.717) is 13.2 Å². The fourth-order valence-corrected chi connectivity index (χ4v) is 1.51. The molecule has 4 nitrogen and oxygen atoms in total. The third kappa shape index (κ3) is 6.61. The van der Waals surface area contributed by atoms with E-state index in [2.05, 4.69) is 26.2 Å². The van der Waals surface area contributed by atoms with E-state index >= 15 is 0 Å². The number of nitrogens with one attached hydrogen (secondary N) is 1. The normalized spacial score (nSPS) is 13.5. The van der Waals surface area contributed by atoms with Crippen LogP contribution in [0.1, 0.15) is 20.8 Å². The van der Waals surface area contributed by atoms with Crippen LogP contribution in [0, 0.1) is 0 Å². The van der Waals surface area contributed by atoms with Crippen LogP contribution in [0.5, 0.6) is 0 Å². The van der Waals surface area contributed by atoms with Gasteiger partial charge in [0.25, 0.3) is 0 Å². The number of hydrogen-bond acceptors (Lipinski definition) is 4. The second kappa shape index (κ2) is 6.33. The van der Waals surface area contributed by atoms with Crippen molar-refractivity contribution < 1.29 is 9.84 Å². The molecule has 0 radical (unpaired) electrons. The van der Waals surface area contributed by atoms with Crippen LogP contribution in [0.3, 0.4) is 0 Å². The molecular formula is C12H19BrN2O2. The van der Waals surface area contributed by atoms with E-state index in [4.69, 9.17) is 4.74 Å². The van der Waals surface area contributed by atoms with E-state index in [-0.39, 0.29) is 5.60 Å². The Bertz CT molecular complexity index is 353. The number of hydrogen-bond donors (Lipinski definition) is 2. The van der Waals surface area contributed by atoms with Gasteiger partial charge in [-0.25, -0.2) is 0 Å². The topological polar surface area (TPSA) is 54.4 Å². The fraction of sp³-hybridized carbons (Fsp3) is 0.583. The molecule has 5 heteroatoms. The summed E-state index contributed by atoms with van der Waals surface area (Å²) < 4.78 is 6.39. The summed E-state index contributed by atoms with van der Waals surface area (Å²) in [7, 11) is 0. The van der Waals surface area contributed by atoms with Gasteiger partial charge in [-0.2, -0.15) is 0 Å². The van der Waals surface area contributed by atoms with Gasteiger partial charge in [0, 0.05) is 17.2 Å². The Balaban J connectivity index is 2.31. The Morgan fingerprint density at radius 1 is 1.47 bits per heavy atom. The molecule has 0 saturated heterocycles. The average molecular weight is 303 g/mol. The van der Waals surface area contributed by atoms with Crippen molar-refractivity contribution in [3.63, 3.8) is 0 Å². The highest BCUT2D eigenvalue weighted by Gasteiger charge is 2.13. The monoisotopic (exact) mass is 302 g/mol. The van der Waals surface area contributed by atoms with E-state index in [9.17, 15) is 5.11 Å². The van der Waals surface area contributed by atoms with Crippen molar-refractivity contribution in [2.75, 3.05) is 18.5 Å². The number of aliphatic hydroxyl groups excluding tert-OH is 1. The van der Waals surface area contributed by atoms with E-state index in [0.717, 1.165) is 10.2 Å². The maximum Gasteiger partial charge on any atom is 0.0945 e. The predicted molar refractivity (Wildman–Crippen MR) is 72.1 cm³/mol. The summed E-state index contributed by atoms with van der Waals surface area (Å²) >= 11 is 3.34. The Labute approximate surface area is 111 Å². The molecule has 1 aromatic heterocycles. The third-order valence-electron chi connectivity index (χ3n) is 1.96. The minimum atomic E-state index is -0.534. The quantitative estimate of drug-likeness (QED) is 0.877. The molecule has 0 aliphatic carbocycles. The van der Waals surface area contributed by atoms with Gasteiger partial charge in [0.05, 0.1) is 30.2 Å².